The summed E-state index contributed by atoms with van der Waals surface area (Å²) >= 11 is 0. The Hall–Kier alpha value is -8.98. The first-order valence-corrected chi connectivity index (χ1v) is 29.7. The molecule has 14 rings (SSSR count). The van der Waals surface area contributed by atoms with Gasteiger partial charge in [0.25, 0.3) is 0 Å². The van der Waals surface area contributed by atoms with E-state index in [4.69, 9.17) is 0 Å². The standard InChI is InChI=1S/C81H72N2/c1-77(2,3)75-51-68-67-47-53(39-44-71(67)81(55-27-15-11-16-28-55,56-29-17-12-18-30-56)74(68)52-76(75)78(4,5)6)54-45-61(82(57-31-19-13-20-32-57)59-40-42-65-63-35-23-25-37-69(63)79(7,8)72(65)49-59)48-62(46-54)83(58-33-21-14-22-34-58)60-41-43-66-64-36-24-26-38-70(64)80(9,10)73(66)50-60/h11-52H,1-10H3. The summed E-state index contributed by atoms with van der Waals surface area (Å²) in [5.41, 5.74) is 28.9. The van der Waals surface area contributed by atoms with Gasteiger partial charge in [0.15, 0.2) is 0 Å². The van der Waals surface area contributed by atoms with Crippen LogP contribution in [0.25, 0.3) is 44.5 Å². The van der Waals surface area contributed by atoms with Crippen LogP contribution in [-0.4, -0.2) is 0 Å². The number of hydrogen-bond donors (Lipinski definition) is 0. The van der Waals surface area contributed by atoms with Crippen molar-refractivity contribution in [3.63, 3.8) is 0 Å². The summed E-state index contributed by atoms with van der Waals surface area (Å²) in [4.78, 5) is 4.97. The van der Waals surface area contributed by atoms with Gasteiger partial charge in [0.05, 0.1) is 5.41 Å². The molecule has 83 heavy (non-hydrogen) atoms. The maximum absolute atomic E-state index is 2.59. The summed E-state index contributed by atoms with van der Waals surface area (Å²) < 4.78 is 0. The molecule has 0 fully saturated rings. The van der Waals surface area contributed by atoms with E-state index in [2.05, 4.69) is 334 Å². The first-order valence-electron chi connectivity index (χ1n) is 29.7. The Bertz CT molecular complexity index is 4110. The zero-order valence-electron chi connectivity index (χ0n) is 49.6. The summed E-state index contributed by atoms with van der Waals surface area (Å²) in [6.45, 7) is 23.8. The van der Waals surface area contributed by atoms with Gasteiger partial charge < -0.3 is 9.80 Å². The molecule has 406 valence electrons. The van der Waals surface area contributed by atoms with Crippen LogP contribution in [0.4, 0.5) is 34.1 Å². The van der Waals surface area contributed by atoms with Crippen LogP contribution < -0.4 is 9.80 Å². The lowest BCUT2D eigenvalue weighted by Crippen LogP contribution is -2.30. The minimum atomic E-state index is -0.564. The molecule has 0 atom stereocenters. The smallest absolute Gasteiger partial charge is 0.0713 e. The second-order valence-corrected chi connectivity index (χ2v) is 26.6. The fourth-order valence-corrected chi connectivity index (χ4v) is 14.7. The molecule has 0 amide bonds. The van der Waals surface area contributed by atoms with Crippen molar-refractivity contribution in [1.29, 1.82) is 0 Å². The van der Waals surface area contributed by atoms with E-state index in [0.717, 1.165) is 45.3 Å². The van der Waals surface area contributed by atoms with E-state index in [-0.39, 0.29) is 21.7 Å². The van der Waals surface area contributed by atoms with Gasteiger partial charge in [-0.15, -0.1) is 0 Å². The number of anilines is 6. The lowest BCUT2D eigenvalue weighted by Gasteiger charge is -2.36. The molecule has 0 spiro atoms. The van der Waals surface area contributed by atoms with E-state index in [1.807, 2.05) is 0 Å². The van der Waals surface area contributed by atoms with Crippen LogP contribution in [0.5, 0.6) is 0 Å². The van der Waals surface area contributed by atoms with E-state index < -0.39 is 5.41 Å². The largest absolute Gasteiger partial charge is 0.310 e. The van der Waals surface area contributed by atoms with Gasteiger partial charge in [0.2, 0.25) is 0 Å². The predicted octanol–water partition coefficient (Wildman–Crippen LogP) is 21.9. The van der Waals surface area contributed by atoms with Crippen molar-refractivity contribution in [1.82, 2.24) is 0 Å². The van der Waals surface area contributed by atoms with Crippen LogP contribution in [-0.2, 0) is 27.1 Å². The molecule has 11 aromatic rings. The van der Waals surface area contributed by atoms with Gasteiger partial charge in [0, 0.05) is 45.0 Å². The van der Waals surface area contributed by atoms with Crippen molar-refractivity contribution in [2.75, 3.05) is 9.80 Å². The maximum Gasteiger partial charge on any atom is 0.0713 e. The summed E-state index contributed by atoms with van der Waals surface area (Å²) in [5.74, 6) is 0. The number of nitrogens with zero attached hydrogens (tertiary/aromatic N) is 2. The Morgan fingerprint density at radius 3 is 1.11 bits per heavy atom. The Labute approximate surface area is 492 Å². The third-order valence-electron chi connectivity index (χ3n) is 18.7. The molecule has 3 aliphatic carbocycles. The fraction of sp³-hybridized carbons (Fsp3) is 0.185. The van der Waals surface area contributed by atoms with Gasteiger partial charge in [-0.2, -0.15) is 0 Å². The molecule has 3 aliphatic rings. The first kappa shape index (κ1) is 52.1. The van der Waals surface area contributed by atoms with Crippen LogP contribution in [0.1, 0.15) is 125 Å². The predicted molar refractivity (Wildman–Crippen MR) is 351 cm³/mol. The van der Waals surface area contributed by atoms with Crippen LogP contribution in [0, 0.1) is 0 Å². The van der Waals surface area contributed by atoms with E-state index in [1.165, 1.54) is 89.0 Å². The van der Waals surface area contributed by atoms with Gasteiger partial charge in [-0.05, 0) is 190 Å². The molecule has 11 aromatic carbocycles. The molecule has 2 heteroatoms. The molecule has 0 heterocycles. The van der Waals surface area contributed by atoms with E-state index >= 15 is 0 Å². The Morgan fingerprint density at radius 1 is 0.253 bits per heavy atom. The normalized spacial score (nSPS) is 14.7. The average molecular weight is 1070 g/mol. The monoisotopic (exact) mass is 1070 g/mol. The van der Waals surface area contributed by atoms with E-state index in [0.29, 0.717) is 0 Å². The van der Waals surface area contributed by atoms with Crippen molar-refractivity contribution < 1.29 is 0 Å². The highest BCUT2D eigenvalue weighted by Crippen LogP contribution is 2.60. The third-order valence-corrected chi connectivity index (χ3v) is 18.7. The van der Waals surface area contributed by atoms with Crippen molar-refractivity contribution in [2.24, 2.45) is 0 Å². The number of benzene rings is 11. The molecule has 2 nitrogen and oxygen atoms in total. The van der Waals surface area contributed by atoms with Gasteiger partial charge in [0.1, 0.15) is 0 Å². The summed E-state index contributed by atoms with van der Waals surface area (Å²) in [7, 11) is 0. The molecule has 0 bridgehead atoms. The molecule has 0 saturated carbocycles. The Balaban J connectivity index is 1.05. The summed E-state index contributed by atoms with van der Waals surface area (Å²) in [6.07, 6.45) is 0. The van der Waals surface area contributed by atoms with Crippen LogP contribution >= 0.6 is 0 Å². The van der Waals surface area contributed by atoms with Crippen molar-refractivity contribution >= 4 is 34.1 Å². The number of hydrogen-bond acceptors (Lipinski definition) is 2. The molecular weight excluding hydrogens is 1000 g/mol. The first-order chi connectivity index (χ1) is 39.9. The van der Waals surface area contributed by atoms with Crippen molar-refractivity contribution in [3.8, 4) is 44.5 Å². The molecule has 0 radical (unpaired) electrons. The fourth-order valence-electron chi connectivity index (χ4n) is 14.7. The van der Waals surface area contributed by atoms with Crippen LogP contribution in [0.2, 0.25) is 0 Å². The SMILES string of the molecule is CC(C)(C)c1cc2c(cc1C(C)(C)C)C(c1ccccc1)(c1ccccc1)c1ccc(-c3cc(N(c4ccccc4)c4ccc5c(c4)C(C)(C)c4ccccc4-5)cc(N(c4ccccc4)c4ccc5c(c4)C(C)(C)c4ccccc4-5)c3)cc1-2. The second kappa shape index (κ2) is 19.0. The lowest BCUT2D eigenvalue weighted by molar-refractivity contribution is 0.529. The Morgan fingerprint density at radius 2 is 0.651 bits per heavy atom. The number of para-hydroxylation sites is 2. The topological polar surface area (TPSA) is 6.48 Å². The number of rotatable bonds is 9. The minimum absolute atomic E-state index is 0.0973. The van der Waals surface area contributed by atoms with Crippen LogP contribution in [0.3, 0.4) is 0 Å². The molecule has 0 saturated heterocycles. The highest BCUT2D eigenvalue weighted by Gasteiger charge is 2.48. The highest BCUT2D eigenvalue weighted by molar-refractivity contribution is 5.94. The molecular formula is C81H72N2. The summed E-state index contributed by atoms with van der Waals surface area (Å²) in [6, 6.07) is 96.6. The van der Waals surface area contributed by atoms with Gasteiger partial charge in [-0.1, -0.05) is 245 Å². The van der Waals surface area contributed by atoms with Gasteiger partial charge in [-0.25, -0.2) is 0 Å². The van der Waals surface area contributed by atoms with Crippen molar-refractivity contribution in [3.05, 3.63) is 310 Å². The Kier molecular flexibility index (Phi) is 12.0. The van der Waals surface area contributed by atoms with Gasteiger partial charge >= 0.3 is 0 Å². The average Bonchev–Trinajstić information content (AvgIpc) is 2.58. The zero-order valence-corrected chi connectivity index (χ0v) is 49.6. The highest BCUT2D eigenvalue weighted by atomic mass is 15.2. The maximum atomic E-state index is 2.59. The third kappa shape index (κ3) is 8.19. The minimum Gasteiger partial charge on any atom is -0.310 e. The van der Waals surface area contributed by atoms with E-state index in [1.54, 1.807) is 0 Å². The number of fused-ring (bicyclic) bond motifs is 9. The molecule has 0 aliphatic heterocycles. The van der Waals surface area contributed by atoms with E-state index in [9.17, 15) is 0 Å². The second-order valence-electron chi connectivity index (χ2n) is 26.6. The summed E-state index contributed by atoms with van der Waals surface area (Å²) in [5, 5.41) is 0. The van der Waals surface area contributed by atoms with Gasteiger partial charge in [-0.3, -0.25) is 0 Å². The zero-order chi connectivity index (χ0) is 57.2. The van der Waals surface area contributed by atoms with Crippen molar-refractivity contribution in [2.45, 2.75) is 96.3 Å². The molecule has 0 N–H and O–H groups in total. The lowest BCUT2D eigenvalue weighted by atomic mass is 9.66. The van der Waals surface area contributed by atoms with Crippen LogP contribution in [0.15, 0.2) is 255 Å². The quantitative estimate of drug-likeness (QED) is 0.142. The molecule has 0 aromatic heterocycles. The molecule has 0 unspecified atom stereocenters.